The van der Waals surface area contributed by atoms with E-state index in [0.717, 1.165) is 6.07 Å². The molecule has 1 heterocycles. The number of furan rings is 1. The molecule has 0 spiro atoms. The molecule has 0 saturated carbocycles. The molecule has 0 aromatic carbocycles. The van der Waals surface area contributed by atoms with Crippen LogP contribution in [-0.2, 0) is 16.7 Å². The molecule has 0 atom stereocenters. The van der Waals surface area contributed by atoms with Crippen LogP contribution in [-0.4, -0.2) is 13.0 Å². The number of rotatable bonds is 3. The molecule has 0 aliphatic rings. The number of nitroso groups, excluding NO2 is 1. The molecular formula is C5H5NO5S. The highest BCUT2D eigenvalue weighted by molar-refractivity contribution is 7.85. The van der Waals surface area contributed by atoms with Gasteiger partial charge in [0.15, 0.2) is 0 Å². The van der Waals surface area contributed by atoms with Crippen LogP contribution in [0.3, 0.4) is 0 Å². The van der Waals surface area contributed by atoms with Gasteiger partial charge in [0.2, 0.25) is 5.09 Å². The van der Waals surface area contributed by atoms with Gasteiger partial charge in [-0.1, -0.05) is 5.18 Å². The second-order valence-electron chi connectivity index (χ2n) is 1.98. The van der Waals surface area contributed by atoms with Crippen molar-refractivity contribution in [1.82, 2.24) is 0 Å². The third-order valence-electron chi connectivity index (χ3n) is 1.11. The van der Waals surface area contributed by atoms with Crippen LogP contribution in [0.15, 0.2) is 26.8 Å². The smallest absolute Gasteiger partial charge is 0.328 e. The Morgan fingerprint density at radius 3 is 2.58 bits per heavy atom. The first-order valence-corrected chi connectivity index (χ1v) is 4.33. The van der Waals surface area contributed by atoms with E-state index in [2.05, 4.69) is 9.59 Å². The first-order valence-electron chi connectivity index (χ1n) is 2.89. The molecule has 0 radical (unpaired) electrons. The van der Waals surface area contributed by atoms with E-state index in [9.17, 15) is 13.3 Å². The molecule has 0 unspecified atom stereocenters. The molecule has 1 N–H and O–H groups in total. The summed E-state index contributed by atoms with van der Waals surface area (Å²) >= 11 is 0. The van der Waals surface area contributed by atoms with Crippen LogP contribution >= 0.6 is 0 Å². The van der Waals surface area contributed by atoms with E-state index < -0.39 is 15.2 Å². The highest BCUT2D eigenvalue weighted by Crippen LogP contribution is 2.13. The van der Waals surface area contributed by atoms with Crippen molar-refractivity contribution in [2.45, 2.75) is 11.6 Å². The van der Waals surface area contributed by atoms with E-state index in [1.165, 1.54) is 6.07 Å². The molecule has 0 fully saturated rings. The van der Waals surface area contributed by atoms with E-state index in [4.69, 9.17) is 4.55 Å². The maximum Gasteiger partial charge on any atom is 0.328 e. The Balaban J connectivity index is 2.99. The zero-order chi connectivity index (χ0) is 9.19. The normalized spacial score (nSPS) is 11.4. The zero-order valence-electron chi connectivity index (χ0n) is 5.80. The van der Waals surface area contributed by atoms with Crippen molar-refractivity contribution in [2.24, 2.45) is 5.18 Å². The van der Waals surface area contributed by atoms with Gasteiger partial charge in [-0.3, -0.25) is 4.55 Å². The summed E-state index contributed by atoms with van der Waals surface area (Å²) in [6.07, 6.45) is 0. The van der Waals surface area contributed by atoms with Crippen molar-refractivity contribution in [3.63, 3.8) is 0 Å². The standard InChI is InChI=1S/C5H5NO5S/c7-6-3-4-1-2-5(11-4)12(8,9)10/h1-2H,3H2,(H,8,9,10). The fourth-order valence-corrected chi connectivity index (χ4v) is 1.10. The van der Waals surface area contributed by atoms with E-state index >= 15 is 0 Å². The second-order valence-corrected chi connectivity index (χ2v) is 3.34. The summed E-state index contributed by atoms with van der Waals surface area (Å²) in [7, 11) is -4.31. The van der Waals surface area contributed by atoms with E-state index in [1.54, 1.807) is 0 Å². The van der Waals surface area contributed by atoms with E-state index in [-0.39, 0.29) is 12.3 Å². The number of nitrogens with zero attached hydrogens (tertiary/aromatic N) is 1. The lowest BCUT2D eigenvalue weighted by Gasteiger charge is -1.88. The van der Waals surface area contributed by atoms with Crippen molar-refractivity contribution in [2.75, 3.05) is 0 Å². The summed E-state index contributed by atoms with van der Waals surface area (Å²) in [4.78, 5) is 9.71. The molecule has 0 bridgehead atoms. The molecule has 1 rings (SSSR count). The van der Waals surface area contributed by atoms with Gasteiger partial charge in [-0.25, -0.2) is 0 Å². The predicted octanol–water partition coefficient (Wildman–Crippen LogP) is 0.793. The highest BCUT2D eigenvalue weighted by atomic mass is 32.2. The fourth-order valence-electron chi connectivity index (χ4n) is 0.645. The van der Waals surface area contributed by atoms with Crippen molar-refractivity contribution in [3.8, 4) is 0 Å². The van der Waals surface area contributed by atoms with Crippen molar-refractivity contribution >= 4 is 10.1 Å². The van der Waals surface area contributed by atoms with E-state index in [1.807, 2.05) is 0 Å². The van der Waals surface area contributed by atoms with Gasteiger partial charge in [-0.15, -0.1) is 0 Å². The highest BCUT2D eigenvalue weighted by Gasteiger charge is 2.14. The molecule has 1 aromatic heterocycles. The van der Waals surface area contributed by atoms with Crippen LogP contribution in [0, 0.1) is 4.91 Å². The summed E-state index contributed by atoms with van der Waals surface area (Å²) in [6.45, 7) is -0.254. The van der Waals surface area contributed by atoms with Crippen LogP contribution in [0.5, 0.6) is 0 Å². The molecule has 12 heavy (non-hydrogen) atoms. The molecule has 0 aliphatic heterocycles. The van der Waals surface area contributed by atoms with Gasteiger partial charge in [0, 0.05) is 0 Å². The number of hydrogen-bond donors (Lipinski definition) is 1. The molecule has 66 valence electrons. The molecule has 0 aliphatic carbocycles. The van der Waals surface area contributed by atoms with Gasteiger partial charge in [0.05, 0.1) is 0 Å². The lowest BCUT2D eigenvalue weighted by Crippen LogP contribution is -1.94. The quantitative estimate of drug-likeness (QED) is 0.562. The first-order chi connectivity index (χ1) is 5.54. The molecule has 6 nitrogen and oxygen atoms in total. The van der Waals surface area contributed by atoms with E-state index in [0.29, 0.717) is 0 Å². The second kappa shape index (κ2) is 3.03. The topological polar surface area (TPSA) is 96.9 Å². The first kappa shape index (κ1) is 8.88. The average Bonchev–Trinajstić information content (AvgIpc) is 2.35. The largest absolute Gasteiger partial charge is 0.445 e. The summed E-state index contributed by atoms with van der Waals surface area (Å²) in [5.41, 5.74) is 0. The Labute approximate surface area is 67.9 Å². The lowest BCUT2D eigenvalue weighted by molar-refractivity contribution is 0.386. The molecular weight excluding hydrogens is 186 g/mol. The third-order valence-corrected chi connectivity index (χ3v) is 1.84. The summed E-state index contributed by atoms with van der Waals surface area (Å²) in [6, 6.07) is 2.31. The minimum atomic E-state index is -4.31. The molecule has 0 amide bonds. The van der Waals surface area contributed by atoms with Crippen LogP contribution in [0.4, 0.5) is 0 Å². The van der Waals surface area contributed by atoms with Crippen molar-refractivity contribution < 1.29 is 17.4 Å². The minimum Gasteiger partial charge on any atom is -0.445 e. The Kier molecular flexibility index (Phi) is 2.25. The van der Waals surface area contributed by atoms with Gasteiger partial charge in [0.25, 0.3) is 0 Å². The summed E-state index contributed by atoms with van der Waals surface area (Å²) < 4.78 is 33.8. The summed E-state index contributed by atoms with van der Waals surface area (Å²) in [5.74, 6) is 0.0950. The third kappa shape index (κ3) is 1.89. The average molecular weight is 191 g/mol. The van der Waals surface area contributed by atoms with Gasteiger partial charge >= 0.3 is 10.1 Å². The van der Waals surface area contributed by atoms with Crippen LogP contribution in [0.25, 0.3) is 0 Å². The predicted molar refractivity (Wildman–Crippen MR) is 38.0 cm³/mol. The molecule has 7 heteroatoms. The zero-order valence-corrected chi connectivity index (χ0v) is 6.61. The van der Waals surface area contributed by atoms with Gasteiger partial charge in [0.1, 0.15) is 12.3 Å². The van der Waals surface area contributed by atoms with Crippen LogP contribution in [0.2, 0.25) is 0 Å². The van der Waals surface area contributed by atoms with Crippen LogP contribution in [0.1, 0.15) is 5.76 Å². The van der Waals surface area contributed by atoms with Gasteiger partial charge in [-0.05, 0) is 12.1 Å². The fraction of sp³-hybridized carbons (Fsp3) is 0.200. The molecule has 0 saturated heterocycles. The van der Waals surface area contributed by atoms with Crippen molar-refractivity contribution in [3.05, 3.63) is 22.8 Å². The SMILES string of the molecule is O=NCc1ccc(S(=O)(=O)O)o1. The lowest BCUT2D eigenvalue weighted by atomic mass is 10.5. The molecule has 1 aromatic rings. The number of hydrogen-bond acceptors (Lipinski definition) is 5. The summed E-state index contributed by atoms with van der Waals surface area (Å²) in [5, 5.41) is 1.90. The minimum absolute atomic E-state index is 0.0950. The van der Waals surface area contributed by atoms with Gasteiger partial charge < -0.3 is 4.42 Å². The Morgan fingerprint density at radius 1 is 1.50 bits per heavy atom. The van der Waals surface area contributed by atoms with Crippen molar-refractivity contribution in [1.29, 1.82) is 0 Å². The van der Waals surface area contributed by atoms with Gasteiger partial charge in [-0.2, -0.15) is 13.3 Å². The monoisotopic (exact) mass is 191 g/mol. The Hall–Kier alpha value is -1.21. The van der Waals surface area contributed by atoms with Crippen LogP contribution < -0.4 is 0 Å². The Bertz CT molecular complexity index is 378. The maximum atomic E-state index is 10.4. The maximum absolute atomic E-state index is 10.4. The Morgan fingerprint density at radius 2 is 2.17 bits per heavy atom.